The lowest BCUT2D eigenvalue weighted by molar-refractivity contribution is -0.0883. The summed E-state index contributed by atoms with van der Waals surface area (Å²) in [7, 11) is 0. The van der Waals surface area contributed by atoms with Gasteiger partial charge >= 0.3 is 6.18 Å². The average Bonchev–Trinajstić information content (AvgIpc) is 3.44. The first kappa shape index (κ1) is 21.9. The molecule has 0 spiro atoms. The van der Waals surface area contributed by atoms with Gasteiger partial charge in [0, 0.05) is 35.9 Å². The lowest BCUT2D eigenvalue weighted by Gasteiger charge is -2.17. The second-order valence-corrected chi connectivity index (χ2v) is 8.30. The number of fused-ring (bicyclic) bond motifs is 1. The molecule has 3 heterocycles. The van der Waals surface area contributed by atoms with Gasteiger partial charge in [-0.25, -0.2) is 0 Å². The van der Waals surface area contributed by atoms with E-state index in [9.17, 15) is 18.0 Å². The van der Waals surface area contributed by atoms with Crippen LogP contribution >= 0.6 is 0 Å². The third-order valence-electron chi connectivity index (χ3n) is 6.01. The smallest absolute Gasteiger partial charge is 0.370 e. The molecule has 5 rings (SSSR count). The van der Waals surface area contributed by atoms with Crippen LogP contribution in [0.2, 0.25) is 0 Å². The number of rotatable bonds is 4. The van der Waals surface area contributed by atoms with E-state index in [-0.39, 0.29) is 17.8 Å². The quantitative estimate of drug-likeness (QED) is 0.549. The molecule has 9 heteroatoms. The van der Waals surface area contributed by atoms with Gasteiger partial charge in [-0.05, 0) is 55.2 Å². The van der Waals surface area contributed by atoms with Gasteiger partial charge in [0.25, 0.3) is 5.91 Å². The average molecular weight is 465 g/mol. The van der Waals surface area contributed by atoms with Gasteiger partial charge in [0.05, 0.1) is 23.0 Å². The Kier molecular flexibility index (Phi) is 5.69. The number of nitrogens with zero attached hydrogens (tertiary/aromatic N) is 3. The molecule has 1 amide bonds. The van der Waals surface area contributed by atoms with Crippen molar-refractivity contribution in [2.75, 3.05) is 18.0 Å². The van der Waals surface area contributed by atoms with E-state index in [1.165, 1.54) is 25.0 Å². The van der Waals surface area contributed by atoms with Crippen LogP contribution in [0.15, 0.2) is 72.2 Å². The number of anilines is 1. The molecule has 1 fully saturated rings. The molecular formula is C25H22F3N5O. The lowest BCUT2D eigenvalue weighted by Crippen LogP contribution is -2.22. The van der Waals surface area contributed by atoms with Crippen molar-refractivity contribution in [3.05, 3.63) is 77.9 Å². The summed E-state index contributed by atoms with van der Waals surface area (Å²) in [5, 5.41) is 10.3. The molecule has 0 bridgehead atoms. The van der Waals surface area contributed by atoms with Gasteiger partial charge in [-0.2, -0.15) is 18.3 Å². The number of amides is 1. The first-order valence-corrected chi connectivity index (χ1v) is 11.0. The van der Waals surface area contributed by atoms with E-state index in [4.69, 9.17) is 0 Å². The number of hydrogen-bond donors (Lipinski definition) is 2. The maximum atomic E-state index is 12.9. The number of H-pyrrole nitrogens is 1. The number of pyridine rings is 1. The summed E-state index contributed by atoms with van der Waals surface area (Å²) < 4.78 is 38.8. The van der Waals surface area contributed by atoms with Crippen molar-refractivity contribution in [1.29, 1.82) is 0 Å². The van der Waals surface area contributed by atoms with Crippen LogP contribution in [0.5, 0.6) is 0 Å². The molecule has 2 aromatic heterocycles. The minimum Gasteiger partial charge on any atom is -0.370 e. The molecule has 6 nitrogen and oxygen atoms in total. The molecule has 34 heavy (non-hydrogen) atoms. The van der Waals surface area contributed by atoms with Crippen molar-refractivity contribution in [3.8, 4) is 11.1 Å². The van der Waals surface area contributed by atoms with Gasteiger partial charge in [0.15, 0.2) is 5.69 Å². The van der Waals surface area contributed by atoms with Crippen molar-refractivity contribution in [2.24, 2.45) is 0 Å². The molecule has 1 saturated heterocycles. The van der Waals surface area contributed by atoms with Crippen LogP contribution in [-0.2, 0) is 0 Å². The maximum Gasteiger partial charge on any atom is 0.416 e. The Morgan fingerprint density at radius 1 is 1.03 bits per heavy atom. The Hall–Kier alpha value is -3.88. The van der Waals surface area contributed by atoms with E-state index < -0.39 is 17.7 Å². The van der Waals surface area contributed by atoms with Crippen molar-refractivity contribution >= 4 is 22.5 Å². The molecule has 0 radical (unpaired) electrons. The standard InChI is InChI=1S/C25H22F3N5O/c26-25(27,28)18-4-3-5-19(8-7-18)30-24(34)23-21-13-16(6-9-22(21)31-32-23)17-12-20(15-29-14-17)33-10-1-2-11-33/h4-9,12-15H,1-3,10-11H2,(H,30,34)(H,31,32). The van der Waals surface area contributed by atoms with Crippen LogP contribution in [0.1, 0.15) is 29.8 Å². The normalized spacial score (nSPS) is 16.4. The summed E-state index contributed by atoms with van der Waals surface area (Å²) in [6.07, 6.45) is 6.43. The fourth-order valence-electron chi connectivity index (χ4n) is 4.22. The number of allylic oxidation sites excluding steroid dienone is 5. The van der Waals surface area contributed by atoms with Gasteiger partial charge in [-0.1, -0.05) is 18.2 Å². The molecule has 174 valence electrons. The number of benzene rings is 1. The van der Waals surface area contributed by atoms with Crippen LogP contribution < -0.4 is 10.2 Å². The number of carbonyl (C=O) groups is 1. The third-order valence-corrected chi connectivity index (χ3v) is 6.01. The fraction of sp³-hybridized carbons (Fsp3) is 0.240. The molecule has 1 aliphatic heterocycles. The molecule has 3 aromatic rings. The van der Waals surface area contributed by atoms with Gasteiger partial charge in [-0.3, -0.25) is 14.9 Å². The zero-order valence-electron chi connectivity index (χ0n) is 18.2. The number of alkyl halides is 3. The SMILES string of the molecule is O=C(NC1=CCC=C(C(F)(F)F)C=C1)c1n[nH]c2ccc(-c3cncc(N4CCCC4)c3)cc12. The molecule has 0 saturated carbocycles. The summed E-state index contributed by atoms with van der Waals surface area (Å²) >= 11 is 0. The molecule has 1 aliphatic carbocycles. The zero-order valence-corrected chi connectivity index (χ0v) is 18.2. The predicted molar refractivity (Wildman–Crippen MR) is 124 cm³/mol. The summed E-state index contributed by atoms with van der Waals surface area (Å²) in [6.45, 7) is 2.03. The number of aromatic amines is 1. The molecule has 0 atom stereocenters. The maximum absolute atomic E-state index is 12.9. The molecule has 2 aliphatic rings. The molecule has 2 N–H and O–H groups in total. The number of aromatic nitrogens is 3. The highest BCUT2D eigenvalue weighted by Crippen LogP contribution is 2.30. The number of halogens is 3. The largest absolute Gasteiger partial charge is 0.416 e. The first-order chi connectivity index (χ1) is 16.4. The Morgan fingerprint density at radius 2 is 1.85 bits per heavy atom. The van der Waals surface area contributed by atoms with Gasteiger partial charge in [0.2, 0.25) is 0 Å². The van der Waals surface area contributed by atoms with Crippen LogP contribution in [0, 0.1) is 0 Å². The minimum absolute atomic E-state index is 0.0588. The summed E-state index contributed by atoms with van der Waals surface area (Å²) in [5.41, 5.74) is 3.29. The van der Waals surface area contributed by atoms with E-state index in [1.54, 1.807) is 6.20 Å². The van der Waals surface area contributed by atoms with Crippen LogP contribution in [0.4, 0.5) is 18.9 Å². The summed E-state index contributed by atoms with van der Waals surface area (Å²) in [5.74, 6) is -0.501. The van der Waals surface area contributed by atoms with E-state index in [0.717, 1.165) is 42.1 Å². The van der Waals surface area contributed by atoms with Crippen molar-refractivity contribution in [3.63, 3.8) is 0 Å². The van der Waals surface area contributed by atoms with E-state index in [0.29, 0.717) is 10.9 Å². The predicted octanol–water partition coefficient (Wildman–Crippen LogP) is 5.29. The van der Waals surface area contributed by atoms with Gasteiger partial charge < -0.3 is 10.2 Å². The van der Waals surface area contributed by atoms with Crippen molar-refractivity contribution < 1.29 is 18.0 Å². The lowest BCUT2D eigenvalue weighted by atomic mass is 10.0. The van der Waals surface area contributed by atoms with Gasteiger partial charge in [0.1, 0.15) is 0 Å². The Labute approximate surface area is 193 Å². The highest BCUT2D eigenvalue weighted by Gasteiger charge is 2.31. The van der Waals surface area contributed by atoms with E-state index in [2.05, 4.69) is 31.5 Å². The monoisotopic (exact) mass is 465 g/mol. The fourth-order valence-corrected chi connectivity index (χ4v) is 4.22. The Morgan fingerprint density at radius 3 is 2.65 bits per heavy atom. The molecule has 0 unspecified atom stereocenters. The number of hydrogen-bond acceptors (Lipinski definition) is 4. The van der Waals surface area contributed by atoms with Crippen LogP contribution in [-0.4, -0.2) is 40.4 Å². The van der Waals surface area contributed by atoms with Gasteiger partial charge in [-0.15, -0.1) is 0 Å². The van der Waals surface area contributed by atoms with E-state index in [1.807, 2.05) is 24.4 Å². The van der Waals surface area contributed by atoms with Crippen molar-refractivity contribution in [1.82, 2.24) is 20.5 Å². The van der Waals surface area contributed by atoms with Crippen LogP contribution in [0.3, 0.4) is 0 Å². The third kappa shape index (κ3) is 4.46. The topological polar surface area (TPSA) is 73.9 Å². The second-order valence-electron chi connectivity index (χ2n) is 8.30. The van der Waals surface area contributed by atoms with E-state index >= 15 is 0 Å². The molecule has 1 aromatic carbocycles. The minimum atomic E-state index is -4.43. The van der Waals surface area contributed by atoms with Crippen LogP contribution in [0.25, 0.3) is 22.0 Å². The zero-order chi connectivity index (χ0) is 23.7. The molecular weight excluding hydrogens is 443 g/mol. The highest BCUT2D eigenvalue weighted by atomic mass is 19.4. The number of nitrogens with one attached hydrogen (secondary N) is 2. The Balaban J connectivity index is 1.39. The first-order valence-electron chi connectivity index (χ1n) is 11.0. The highest BCUT2D eigenvalue weighted by molar-refractivity contribution is 6.06. The Bertz CT molecular complexity index is 1330. The number of carbonyl (C=O) groups excluding carboxylic acids is 1. The summed E-state index contributed by atoms with van der Waals surface area (Å²) in [6, 6.07) is 7.75. The summed E-state index contributed by atoms with van der Waals surface area (Å²) in [4.78, 5) is 19.6. The van der Waals surface area contributed by atoms with Crippen molar-refractivity contribution in [2.45, 2.75) is 25.4 Å². The second kappa shape index (κ2) is 8.81.